The minimum Gasteiger partial charge on any atom is -0.433 e. The number of hydrogen-bond donors (Lipinski definition) is 1. The predicted octanol–water partition coefficient (Wildman–Crippen LogP) is 3.85. The quantitative estimate of drug-likeness (QED) is 0.838. The van der Waals surface area contributed by atoms with Crippen molar-refractivity contribution in [3.8, 4) is 5.75 Å². The van der Waals surface area contributed by atoms with Gasteiger partial charge in [0.1, 0.15) is 12.3 Å². The molecule has 1 heterocycles. The van der Waals surface area contributed by atoms with Crippen LogP contribution >= 0.6 is 27.5 Å². The summed E-state index contributed by atoms with van der Waals surface area (Å²) in [5.41, 5.74) is 1.14. The molecule has 0 bridgehead atoms. The molecule has 0 atom stereocenters. The zero-order valence-corrected chi connectivity index (χ0v) is 13.7. The first-order chi connectivity index (χ1) is 10.3. The fraction of sp³-hybridized carbons (Fsp3) is 0.231. The lowest BCUT2D eigenvalue weighted by molar-refractivity contribution is -0.116. The summed E-state index contributed by atoms with van der Waals surface area (Å²) in [4.78, 5) is 11.9. The summed E-state index contributed by atoms with van der Waals surface area (Å²) in [6, 6.07) is 4.02. The first-order valence-corrected chi connectivity index (χ1v) is 7.26. The van der Waals surface area contributed by atoms with E-state index in [2.05, 4.69) is 31.1 Å². The molecule has 0 unspecified atom stereocenters. The number of ether oxygens (including phenoxy) is 1. The largest absolute Gasteiger partial charge is 0.433 e. The Hall–Kier alpha value is -1.67. The minimum absolute atomic E-state index is 0.0132. The molecule has 1 aromatic heterocycles. The van der Waals surface area contributed by atoms with Crippen molar-refractivity contribution >= 4 is 39.1 Å². The third-order valence-electron chi connectivity index (χ3n) is 2.62. The lowest BCUT2D eigenvalue weighted by Crippen LogP contribution is -2.19. The normalized spacial score (nSPS) is 10.8. The van der Waals surface area contributed by atoms with Gasteiger partial charge >= 0.3 is 6.61 Å². The Morgan fingerprint density at radius 2 is 2.27 bits per heavy atom. The van der Waals surface area contributed by atoms with Crippen molar-refractivity contribution < 1.29 is 18.3 Å². The number of benzene rings is 1. The van der Waals surface area contributed by atoms with E-state index in [1.807, 2.05) is 0 Å². The van der Waals surface area contributed by atoms with Crippen LogP contribution in [0.5, 0.6) is 5.75 Å². The van der Waals surface area contributed by atoms with Gasteiger partial charge in [0.2, 0.25) is 5.91 Å². The zero-order chi connectivity index (χ0) is 16.3. The van der Waals surface area contributed by atoms with Gasteiger partial charge in [0.05, 0.1) is 15.2 Å². The number of carbonyl (C=O) groups is 1. The van der Waals surface area contributed by atoms with Gasteiger partial charge < -0.3 is 10.1 Å². The molecule has 2 rings (SSSR count). The second-order valence-corrected chi connectivity index (χ2v) is 5.59. The standard InChI is InChI=1S/C13H11BrClF2N3O2/c1-7-9(14)5-20(19-7)6-12(21)18-8-2-3-11(10(15)4-8)22-13(16)17/h2-5,13H,6H2,1H3,(H,18,21). The van der Waals surface area contributed by atoms with E-state index in [1.165, 1.54) is 22.9 Å². The fourth-order valence-electron chi connectivity index (χ4n) is 1.69. The van der Waals surface area contributed by atoms with Crippen LogP contribution in [0.25, 0.3) is 0 Å². The molecule has 2 aromatic rings. The maximum atomic E-state index is 12.1. The van der Waals surface area contributed by atoms with Crippen molar-refractivity contribution in [3.05, 3.63) is 39.6 Å². The summed E-state index contributed by atoms with van der Waals surface area (Å²) in [7, 11) is 0. The minimum atomic E-state index is -2.96. The molecule has 1 N–H and O–H groups in total. The number of nitrogens with zero attached hydrogens (tertiary/aromatic N) is 2. The number of alkyl halides is 2. The van der Waals surface area contributed by atoms with E-state index in [1.54, 1.807) is 13.1 Å². The monoisotopic (exact) mass is 393 g/mol. The van der Waals surface area contributed by atoms with Gasteiger partial charge in [-0.1, -0.05) is 11.6 Å². The summed E-state index contributed by atoms with van der Waals surface area (Å²) in [6.07, 6.45) is 1.68. The van der Waals surface area contributed by atoms with Gasteiger partial charge in [-0.3, -0.25) is 9.48 Å². The number of carbonyl (C=O) groups excluding carboxylic acids is 1. The van der Waals surface area contributed by atoms with E-state index in [0.29, 0.717) is 5.69 Å². The topological polar surface area (TPSA) is 56.2 Å². The van der Waals surface area contributed by atoms with Crippen molar-refractivity contribution in [2.45, 2.75) is 20.1 Å². The van der Waals surface area contributed by atoms with Crippen LogP contribution in [0.15, 0.2) is 28.9 Å². The number of halogens is 4. The first kappa shape index (κ1) is 16.7. The Morgan fingerprint density at radius 1 is 1.55 bits per heavy atom. The van der Waals surface area contributed by atoms with Crippen molar-refractivity contribution in [1.82, 2.24) is 9.78 Å². The van der Waals surface area contributed by atoms with Crippen LogP contribution in [-0.2, 0) is 11.3 Å². The third kappa shape index (κ3) is 4.41. The number of hydrogen-bond acceptors (Lipinski definition) is 3. The molecule has 0 aliphatic rings. The maximum absolute atomic E-state index is 12.1. The summed E-state index contributed by atoms with van der Waals surface area (Å²) < 4.78 is 30.7. The summed E-state index contributed by atoms with van der Waals surface area (Å²) in [5, 5.41) is 6.72. The Bertz CT molecular complexity index is 674. The molecule has 0 aliphatic heterocycles. The van der Waals surface area contributed by atoms with Crippen molar-refractivity contribution in [2.75, 3.05) is 5.32 Å². The van der Waals surface area contributed by atoms with Crippen LogP contribution in [0.3, 0.4) is 0 Å². The molecule has 0 saturated heterocycles. The Kier molecular flexibility index (Phi) is 5.36. The van der Waals surface area contributed by atoms with Gasteiger partial charge in [-0.05, 0) is 41.1 Å². The summed E-state index contributed by atoms with van der Waals surface area (Å²) in [6.45, 7) is -1.14. The van der Waals surface area contributed by atoms with E-state index >= 15 is 0 Å². The number of nitrogens with one attached hydrogen (secondary N) is 1. The zero-order valence-electron chi connectivity index (χ0n) is 11.3. The molecule has 118 valence electrons. The van der Waals surface area contributed by atoms with Crippen LogP contribution in [0.2, 0.25) is 5.02 Å². The van der Waals surface area contributed by atoms with Gasteiger partial charge in [0, 0.05) is 11.9 Å². The highest BCUT2D eigenvalue weighted by Gasteiger charge is 2.11. The fourth-order valence-corrected chi connectivity index (χ4v) is 2.23. The van der Waals surface area contributed by atoms with Gasteiger partial charge in [-0.25, -0.2) is 0 Å². The highest BCUT2D eigenvalue weighted by molar-refractivity contribution is 9.10. The highest BCUT2D eigenvalue weighted by Crippen LogP contribution is 2.28. The van der Waals surface area contributed by atoms with Crippen molar-refractivity contribution in [3.63, 3.8) is 0 Å². The molecule has 22 heavy (non-hydrogen) atoms. The van der Waals surface area contributed by atoms with Crippen molar-refractivity contribution in [1.29, 1.82) is 0 Å². The van der Waals surface area contributed by atoms with Crippen LogP contribution in [0.1, 0.15) is 5.69 Å². The lowest BCUT2D eigenvalue weighted by atomic mass is 10.3. The maximum Gasteiger partial charge on any atom is 0.387 e. The van der Waals surface area contributed by atoms with E-state index in [-0.39, 0.29) is 23.2 Å². The molecule has 0 aliphatic carbocycles. The number of amides is 1. The molecule has 0 radical (unpaired) electrons. The van der Waals surface area contributed by atoms with Gasteiger partial charge in [-0.15, -0.1) is 0 Å². The van der Waals surface area contributed by atoms with Gasteiger partial charge in [-0.2, -0.15) is 13.9 Å². The second-order valence-electron chi connectivity index (χ2n) is 4.33. The van der Waals surface area contributed by atoms with E-state index < -0.39 is 6.61 Å². The van der Waals surface area contributed by atoms with Crippen LogP contribution < -0.4 is 10.1 Å². The Morgan fingerprint density at radius 3 is 2.82 bits per heavy atom. The Labute approximate surface area is 138 Å². The first-order valence-electron chi connectivity index (χ1n) is 6.09. The second kappa shape index (κ2) is 7.06. The molecule has 0 saturated carbocycles. The highest BCUT2D eigenvalue weighted by atomic mass is 79.9. The SMILES string of the molecule is Cc1nn(CC(=O)Nc2ccc(OC(F)F)c(Cl)c2)cc1Br. The van der Waals surface area contributed by atoms with E-state index in [0.717, 1.165) is 10.2 Å². The van der Waals surface area contributed by atoms with E-state index in [4.69, 9.17) is 11.6 Å². The molecule has 1 amide bonds. The molecular weight excluding hydrogens is 384 g/mol. The smallest absolute Gasteiger partial charge is 0.387 e. The number of anilines is 1. The molecule has 0 spiro atoms. The van der Waals surface area contributed by atoms with Crippen LogP contribution in [0.4, 0.5) is 14.5 Å². The predicted molar refractivity (Wildman–Crippen MR) is 81.4 cm³/mol. The number of aromatic nitrogens is 2. The lowest BCUT2D eigenvalue weighted by Gasteiger charge is -2.09. The molecule has 5 nitrogen and oxygen atoms in total. The molecular formula is C13H11BrClF2N3O2. The third-order valence-corrected chi connectivity index (χ3v) is 3.70. The van der Waals surface area contributed by atoms with Crippen LogP contribution in [-0.4, -0.2) is 22.3 Å². The molecule has 0 fully saturated rings. The van der Waals surface area contributed by atoms with Gasteiger partial charge in [0.25, 0.3) is 0 Å². The summed E-state index contributed by atoms with van der Waals surface area (Å²) in [5.74, 6) is -0.477. The average Bonchev–Trinajstić information content (AvgIpc) is 2.71. The number of aryl methyl sites for hydroxylation is 1. The molecule has 9 heteroatoms. The summed E-state index contributed by atoms with van der Waals surface area (Å²) >= 11 is 9.11. The average molecular weight is 395 g/mol. The van der Waals surface area contributed by atoms with Crippen LogP contribution in [0, 0.1) is 6.92 Å². The van der Waals surface area contributed by atoms with Gasteiger partial charge in [0.15, 0.2) is 0 Å². The number of rotatable bonds is 5. The van der Waals surface area contributed by atoms with Crippen molar-refractivity contribution in [2.24, 2.45) is 0 Å². The van der Waals surface area contributed by atoms with E-state index in [9.17, 15) is 13.6 Å². The Balaban J connectivity index is 2.01. The molecule has 1 aromatic carbocycles.